The molecule has 0 unspecified atom stereocenters. The van der Waals surface area contributed by atoms with Crippen molar-refractivity contribution in [3.05, 3.63) is 71.8 Å². The molecule has 0 saturated carbocycles. The van der Waals surface area contributed by atoms with Crippen LogP contribution in [0.2, 0.25) is 0 Å². The maximum atomic E-state index is 12.4. The van der Waals surface area contributed by atoms with Crippen molar-refractivity contribution in [2.45, 2.75) is 10.1 Å². The second-order valence-electron chi connectivity index (χ2n) is 5.29. The van der Waals surface area contributed by atoms with Gasteiger partial charge in [0.1, 0.15) is 21.7 Å². The van der Waals surface area contributed by atoms with Crippen LogP contribution in [0.5, 0.6) is 0 Å². The van der Waals surface area contributed by atoms with Gasteiger partial charge in [0.05, 0.1) is 5.75 Å². The van der Waals surface area contributed by atoms with E-state index in [-0.39, 0.29) is 11.5 Å². The molecular weight excluding hydrogens is 362 g/mol. The average molecular weight is 377 g/mol. The topological polar surface area (TPSA) is 66.6 Å². The van der Waals surface area contributed by atoms with E-state index in [1.807, 2.05) is 54.8 Å². The van der Waals surface area contributed by atoms with Gasteiger partial charge >= 0.3 is 0 Å². The number of benzene rings is 2. The molecule has 0 saturated heterocycles. The minimum atomic E-state index is 0.00469. The third-order valence-corrected chi connectivity index (χ3v) is 5.27. The number of Topliss-reactive ketones (excluding diaryl/α,β-unsaturated/α-hetero) is 1. The third kappa shape index (κ3) is 4.13. The number of hydrogen-bond donors (Lipinski definition) is 0. The van der Waals surface area contributed by atoms with E-state index >= 15 is 0 Å². The predicted molar refractivity (Wildman–Crippen MR) is 105 cm³/mol. The van der Waals surface area contributed by atoms with E-state index < -0.39 is 0 Å². The zero-order chi connectivity index (χ0) is 18.4. The molecule has 3 aromatic rings. The SMILES string of the molecule is CSc1nc(-c2ccccc2)nc(SCC(=O)c2ccccc2)c1C#N. The lowest BCUT2D eigenvalue weighted by Crippen LogP contribution is -2.04. The fraction of sp³-hybridized carbons (Fsp3) is 0.100. The first-order valence-corrected chi connectivity index (χ1v) is 10.1. The van der Waals surface area contributed by atoms with Crippen LogP contribution in [0.3, 0.4) is 0 Å². The Hall–Kier alpha value is -2.62. The Balaban J connectivity index is 1.92. The average Bonchev–Trinajstić information content (AvgIpc) is 2.72. The summed E-state index contributed by atoms with van der Waals surface area (Å²) >= 11 is 2.68. The molecule has 0 spiro atoms. The van der Waals surface area contributed by atoms with Gasteiger partial charge in [-0.2, -0.15) is 5.26 Å². The quantitative estimate of drug-likeness (QED) is 0.352. The molecule has 0 aliphatic rings. The van der Waals surface area contributed by atoms with Crippen molar-refractivity contribution < 1.29 is 4.79 Å². The van der Waals surface area contributed by atoms with Gasteiger partial charge in [0.25, 0.3) is 0 Å². The maximum absolute atomic E-state index is 12.4. The van der Waals surface area contributed by atoms with E-state index in [4.69, 9.17) is 0 Å². The van der Waals surface area contributed by atoms with Gasteiger partial charge in [0, 0.05) is 11.1 Å². The molecule has 128 valence electrons. The Bertz CT molecular complexity index is 954. The molecule has 0 N–H and O–H groups in total. The molecule has 0 aliphatic carbocycles. The number of carbonyl (C=O) groups is 1. The minimum absolute atomic E-state index is 0.00469. The largest absolute Gasteiger partial charge is 0.293 e. The number of hydrogen-bond acceptors (Lipinski definition) is 6. The molecule has 0 aliphatic heterocycles. The minimum Gasteiger partial charge on any atom is -0.293 e. The lowest BCUT2D eigenvalue weighted by Gasteiger charge is -2.09. The van der Waals surface area contributed by atoms with Crippen molar-refractivity contribution in [1.82, 2.24) is 9.97 Å². The summed E-state index contributed by atoms with van der Waals surface area (Å²) < 4.78 is 0. The Kier molecular flexibility index (Phi) is 6.05. The standard InChI is InChI=1S/C20H15N3OS2/c1-25-19-16(12-21)20(23-18(22-19)15-10-6-3-7-11-15)26-13-17(24)14-8-4-2-5-9-14/h2-11H,13H2,1H3. The summed E-state index contributed by atoms with van der Waals surface area (Å²) in [5.74, 6) is 0.784. The summed E-state index contributed by atoms with van der Waals surface area (Å²) in [6.45, 7) is 0. The smallest absolute Gasteiger partial charge is 0.173 e. The molecule has 3 rings (SSSR count). The van der Waals surface area contributed by atoms with Gasteiger partial charge in [-0.05, 0) is 6.26 Å². The number of nitriles is 1. The van der Waals surface area contributed by atoms with Crippen molar-refractivity contribution in [2.24, 2.45) is 0 Å². The molecule has 0 fully saturated rings. The Labute approximate surface area is 160 Å². The van der Waals surface area contributed by atoms with Crippen molar-refractivity contribution >= 4 is 29.3 Å². The summed E-state index contributed by atoms with van der Waals surface area (Å²) in [5, 5.41) is 10.7. The molecule has 0 bridgehead atoms. The first-order valence-electron chi connectivity index (χ1n) is 7.85. The fourth-order valence-electron chi connectivity index (χ4n) is 2.33. The summed E-state index contributed by atoms with van der Waals surface area (Å²) in [6.07, 6.45) is 1.88. The van der Waals surface area contributed by atoms with E-state index in [9.17, 15) is 10.1 Å². The fourth-order valence-corrected chi connectivity index (χ4v) is 3.79. The van der Waals surface area contributed by atoms with Crippen LogP contribution in [0.25, 0.3) is 11.4 Å². The van der Waals surface area contributed by atoms with Crippen molar-refractivity contribution in [3.8, 4) is 17.5 Å². The first-order chi connectivity index (χ1) is 12.7. The van der Waals surface area contributed by atoms with Gasteiger partial charge < -0.3 is 0 Å². The highest BCUT2D eigenvalue weighted by Gasteiger charge is 2.17. The van der Waals surface area contributed by atoms with Crippen LogP contribution in [-0.4, -0.2) is 27.8 Å². The number of carbonyl (C=O) groups excluding carboxylic acids is 1. The highest BCUT2D eigenvalue weighted by atomic mass is 32.2. The molecular formula is C20H15N3OS2. The van der Waals surface area contributed by atoms with Crippen LogP contribution in [0, 0.1) is 11.3 Å². The molecule has 4 nitrogen and oxygen atoms in total. The summed E-state index contributed by atoms with van der Waals surface area (Å²) in [4.78, 5) is 21.4. The molecule has 1 aromatic heterocycles. The monoisotopic (exact) mass is 377 g/mol. The van der Waals surface area contributed by atoms with Gasteiger partial charge in [-0.1, -0.05) is 72.4 Å². The van der Waals surface area contributed by atoms with Crippen molar-refractivity contribution in [3.63, 3.8) is 0 Å². The molecule has 26 heavy (non-hydrogen) atoms. The van der Waals surface area contributed by atoms with Crippen molar-refractivity contribution in [1.29, 1.82) is 5.26 Å². The van der Waals surface area contributed by atoms with Gasteiger partial charge in [0.2, 0.25) is 0 Å². The van der Waals surface area contributed by atoms with Crippen LogP contribution in [-0.2, 0) is 0 Å². The third-order valence-electron chi connectivity index (χ3n) is 3.62. The maximum Gasteiger partial charge on any atom is 0.173 e. The lowest BCUT2D eigenvalue weighted by atomic mass is 10.2. The molecule has 2 aromatic carbocycles. The molecule has 0 amide bonds. The van der Waals surface area contributed by atoms with Crippen LogP contribution < -0.4 is 0 Å². The zero-order valence-electron chi connectivity index (χ0n) is 14.0. The van der Waals surface area contributed by atoms with Gasteiger partial charge in [-0.3, -0.25) is 4.79 Å². The summed E-state index contributed by atoms with van der Waals surface area (Å²) in [7, 11) is 0. The van der Waals surface area contributed by atoms with Crippen LogP contribution in [0.4, 0.5) is 0 Å². The number of nitrogens with zero attached hydrogens (tertiary/aromatic N) is 3. The Morgan fingerprint density at radius 2 is 1.62 bits per heavy atom. The number of thioether (sulfide) groups is 2. The second-order valence-corrected chi connectivity index (χ2v) is 7.05. The van der Waals surface area contributed by atoms with Crippen LogP contribution >= 0.6 is 23.5 Å². The zero-order valence-corrected chi connectivity index (χ0v) is 15.7. The Morgan fingerprint density at radius 3 is 2.23 bits per heavy atom. The molecule has 0 atom stereocenters. The van der Waals surface area contributed by atoms with Gasteiger partial charge in [-0.15, -0.1) is 11.8 Å². The van der Waals surface area contributed by atoms with Gasteiger partial charge in [-0.25, -0.2) is 9.97 Å². The number of ketones is 1. The van der Waals surface area contributed by atoms with E-state index in [2.05, 4.69) is 16.0 Å². The molecule has 1 heterocycles. The highest BCUT2D eigenvalue weighted by Crippen LogP contribution is 2.30. The highest BCUT2D eigenvalue weighted by molar-refractivity contribution is 8.00. The number of aromatic nitrogens is 2. The second kappa shape index (κ2) is 8.65. The number of rotatable bonds is 6. The summed E-state index contributed by atoms with van der Waals surface area (Å²) in [6, 6.07) is 20.9. The van der Waals surface area contributed by atoms with E-state index in [1.54, 1.807) is 12.1 Å². The predicted octanol–water partition coefficient (Wildman–Crippen LogP) is 4.71. The lowest BCUT2D eigenvalue weighted by molar-refractivity contribution is 0.102. The molecule has 0 radical (unpaired) electrons. The first kappa shape index (κ1) is 18.2. The van der Waals surface area contributed by atoms with E-state index in [1.165, 1.54) is 23.5 Å². The normalized spacial score (nSPS) is 10.3. The van der Waals surface area contributed by atoms with E-state index in [0.717, 1.165) is 5.56 Å². The van der Waals surface area contributed by atoms with Gasteiger partial charge in [0.15, 0.2) is 11.6 Å². The van der Waals surface area contributed by atoms with Crippen molar-refractivity contribution in [2.75, 3.05) is 12.0 Å². The summed E-state index contributed by atoms with van der Waals surface area (Å²) in [5.41, 5.74) is 1.95. The Morgan fingerprint density at radius 1 is 1.00 bits per heavy atom. The van der Waals surface area contributed by atoms with Crippen LogP contribution in [0.1, 0.15) is 15.9 Å². The van der Waals surface area contributed by atoms with E-state index in [0.29, 0.717) is 27.0 Å². The molecule has 6 heteroatoms. The van der Waals surface area contributed by atoms with Crippen LogP contribution in [0.15, 0.2) is 70.7 Å².